The van der Waals surface area contributed by atoms with E-state index in [4.69, 9.17) is 14.2 Å². The van der Waals surface area contributed by atoms with Gasteiger partial charge in [0.2, 0.25) is 0 Å². The van der Waals surface area contributed by atoms with Gasteiger partial charge in [-0.1, -0.05) is 5.92 Å². The van der Waals surface area contributed by atoms with Crippen LogP contribution in [0.15, 0.2) is 12.4 Å². The maximum Gasteiger partial charge on any atom is 0.425 e. The summed E-state index contributed by atoms with van der Waals surface area (Å²) in [6, 6.07) is 0. The number of amides is 3. The third-order valence-electron chi connectivity index (χ3n) is 4.55. The smallest absolute Gasteiger partial charge is 0.425 e. The van der Waals surface area contributed by atoms with Crippen molar-refractivity contribution in [1.29, 1.82) is 0 Å². The zero-order valence-electron chi connectivity index (χ0n) is 24.3. The molecule has 38 heavy (non-hydrogen) atoms. The van der Waals surface area contributed by atoms with Crippen LogP contribution < -0.4 is 4.90 Å². The number of aryl methyl sites for hydroxylation is 1. The van der Waals surface area contributed by atoms with E-state index in [0.29, 0.717) is 24.4 Å². The highest BCUT2D eigenvalue weighted by molar-refractivity contribution is 6.10. The van der Waals surface area contributed by atoms with Crippen molar-refractivity contribution in [3.05, 3.63) is 23.8 Å². The predicted octanol–water partition coefficient (Wildman–Crippen LogP) is 5.32. The van der Waals surface area contributed by atoms with Gasteiger partial charge in [0, 0.05) is 32.4 Å². The molecule has 2 aromatic rings. The molecule has 0 atom stereocenters. The van der Waals surface area contributed by atoms with Crippen LogP contribution in [0.25, 0.3) is 5.65 Å². The SMILES string of the molecule is Cc1nc2c(N(C(=O)OC(C)(C)C)C(=O)OC(C)(C)C)nccn2c1C#CCCN(C)C(=O)OC(C)(C)C. The fraction of sp³-hybridized carbons (Fsp3) is 0.593. The van der Waals surface area contributed by atoms with E-state index in [1.165, 1.54) is 11.1 Å². The molecular weight excluding hydrogens is 490 g/mol. The number of fused-ring (bicyclic) bond motifs is 1. The molecule has 0 aliphatic rings. The van der Waals surface area contributed by atoms with Crippen LogP contribution in [-0.4, -0.2) is 67.9 Å². The number of carbonyl (C=O) groups is 3. The molecule has 0 aliphatic heterocycles. The molecule has 0 aliphatic carbocycles. The molecular formula is C27H39N5O6. The Bertz CT molecular complexity index is 1220. The number of ether oxygens (including phenoxy) is 3. The van der Waals surface area contributed by atoms with Crippen molar-refractivity contribution in [2.24, 2.45) is 0 Å². The van der Waals surface area contributed by atoms with E-state index in [9.17, 15) is 14.4 Å². The molecule has 2 aromatic heterocycles. The first kappa shape index (κ1) is 30.4. The molecule has 208 valence electrons. The second-order valence-electron chi connectivity index (χ2n) is 11.7. The van der Waals surface area contributed by atoms with Crippen LogP contribution >= 0.6 is 0 Å². The lowest BCUT2D eigenvalue weighted by molar-refractivity contribution is 0.0300. The quantitative estimate of drug-likeness (QED) is 0.387. The Morgan fingerprint density at radius 1 is 0.895 bits per heavy atom. The van der Waals surface area contributed by atoms with Crippen LogP contribution in [0.4, 0.5) is 20.2 Å². The summed E-state index contributed by atoms with van der Waals surface area (Å²) in [6.07, 6.45) is 1.16. The number of imide groups is 1. The number of carbonyl (C=O) groups excluding carboxylic acids is 3. The van der Waals surface area contributed by atoms with Crippen molar-refractivity contribution < 1.29 is 28.6 Å². The lowest BCUT2D eigenvalue weighted by Crippen LogP contribution is -2.44. The minimum absolute atomic E-state index is 0.0446. The summed E-state index contributed by atoms with van der Waals surface area (Å²) in [6.45, 7) is 17.7. The van der Waals surface area contributed by atoms with Gasteiger partial charge >= 0.3 is 18.3 Å². The highest BCUT2D eigenvalue weighted by atomic mass is 16.6. The summed E-state index contributed by atoms with van der Waals surface area (Å²) < 4.78 is 17.9. The van der Waals surface area contributed by atoms with Crippen LogP contribution in [0.3, 0.4) is 0 Å². The molecule has 0 radical (unpaired) electrons. The summed E-state index contributed by atoms with van der Waals surface area (Å²) in [5, 5.41) is 0. The first-order valence-electron chi connectivity index (χ1n) is 12.3. The van der Waals surface area contributed by atoms with Crippen molar-refractivity contribution in [3.8, 4) is 11.8 Å². The molecule has 0 bridgehead atoms. The maximum atomic E-state index is 13.1. The average Bonchev–Trinajstić information content (AvgIpc) is 3.03. The number of nitrogens with zero attached hydrogens (tertiary/aromatic N) is 5. The summed E-state index contributed by atoms with van der Waals surface area (Å²) in [5.41, 5.74) is -0.953. The molecule has 2 heterocycles. The Morgan fingerprint density at radius 3 is 1.89 bits per heavy atom. The Balaban J connectivity index is 2.40. The molecule has 0 fully saturated rings. The van der Waals surface area contributed by atoms with Gasteiger partial charge in [0.1, 0.15) is 22.5 Å². The van der Waals surface area contributed by atoms with Gasteiger partial charge in [-0.25, -0.2) is 24.4 Å². The van der Waals surface area contributed by atoms with E-state index < -0.39 is 35.1 Å². The van der Waals surface area contributed by atoms with Crippen LogP contribution in [0, 0.1) is 18.8 Å². The minimum atomic E-state index is -0.939. The summed E-state index contributed by atoms with van der Waals surface area (Å²) >= 11 is 0. The fourth-order valence-corrected chi connectivity index (χ4v) is 3.05. The van der Waals surface area contributed by atoms with Gasteiger partial charge < -0.3 is 19.1 Å². The molecule has 0 unspecified atom stereocenters. The monoisotopic (exact) mass is 529 g/mol. The van der Waals surface area contributed by atoms with E-state index in [1.807, 2.05) is 20.8 Å². The molecule has 11 heteroatoms. The largest absolute Gasteiger partial charge is 0.444 e. The summed E-state index contributed by atoms with van der Waals surface area (Å²) in [4.78, 5) is 49.3. The van der Waals surface area contributed by atoms with Crippen molar-refractivity contribution in [2.45, 2.75) is 92.5 Å². The number of hydrogen-bond acceptors (Lipinski definition) is 8. The molecule has 0 N–H and O–H groups in total. The first-order valence-corrected chi connectivity index (χ1v) is 12.3. The topological polar surface area (TPSA) is 116 Å². The van der Waals surface area contributed by atoms with Gasteiger partial charge in [0.05, 0.1) is 5.69 Å². The summed E-state index contributed by atoms with van der Waals surface area (Å²) in [7, 11) is 1.65. The van der Waals surface area contributed by atoms with Crippen LogP contribution in [0.1, 0.15) is 80.1 Å². The second kappa shape index (κ2) is 11.3. The molecule has 0 spiro atoms. The molecule has 2 rings (SSSR count). The van der Waals surface area contributed by atoms with Crippen molar-refractivity contribution in [1.82, 2.24) is 19.3 Å². The standard InChI is InChI=1S/C27H39N5O6/c1-18-19(14-12-13-16-30(11)22(33)36-25(2,3)4)31-17-15-28-20(21(31)29-18)32(23(34)37-26(5,6)7)24(35)38-27(8,9)10/h15,17H,13,16H2,1-11H3. The lowest BCUT2D eigenvalue weighted by Gasteiger charge is -2.28. The predicted molar refractivity (Wildman–Crippen MR) is 143 cm³/mol. The third kappa shape index (κ3) is 8.64. The zero-order chi connectivity index (χ0) is 29.1. The highest BCUT2D eigenvalue weighted by Crippen LogP contribution is 2.25. The fourth-order valence-electron chi connectivity index (χ4n) is 3.05. The molecule has 3 amide bonds. The number of imidazole rings is 1. The number of aromatic nitrogens is 3. The Kier molecular flexibility index (Phi) is 9.04. The molecule has 0 saturated heterocycles. The van der Waals surface area contributed by atoms with Crippen molar-refractivity contribution >= 4 is 29.7 Å². The second-order valence-corrected chi connectivity index (χ2v) is 11.7. The van der Waals surface area contributed by atoms with Crippen LogP contribution in [-0.2, 0) is 14.2 Å². The summed E-state index contributed by atoms with van der Waals surface area (Å²) in [5.74, 6) is 6.08. The normalized spacial score (nSPS) is 11.9. The lowest BCUT2D eigenvalue weighted by atomic mass is 10.2. The number of anilines is 1. The molecule has 11 nitrogen and oxygen atoms in total. The van der Waals surface area contributed by atoms with E-state index in [1.54, 1.807) is 66.1 Å². The Hall–Kier alpha value is -3.81. The van der Waals surface area contributed by atoms with Crippen molar-refractivity contribution in [3.63, 3.8) is 0 Å². The van der Waals surface area contributed by atoms with E-state index in [-0.39, 0.29) is 11.5 Å². The number of rotatable bonds is 3. The Morgan fingerprint density at radius 2 is 1.39 bits per heavy atom. The van der Waals surface area contributed by atoms with Gasteiger partial charge in [-0.05, 0) is 75.2 Å². The van der Waals surface area contributed by atoms with Gasteiger partial charge in [0.15, 0.2) is 11.5 Å². The van der Waals surface area contributed by atoms with E-state index in [2.05, 4.69) is 21.8 Å². The third-order valence-corrected chi connectivity index (χ3v) is 4.55. The molecule has 0 saturated carbocycles. The van der Waals surface area contributed by atoms with E-state index >= 15 is 0 Å². The Labute approximate surface area is 224 Å². The maximum absolute atomic E-state index is 13.1. The highest BCUT2D eigenvalue weighted by Gasteiger charge is 2.35. The minimum Gasteiger partial charge on any atom is -0.444 e. The van der Waals surface area contributed by atoms with Crippen LogP contribution in [0.5, 0.6) is 0 Å². The van der Waals surface area contributed by atoms with Gasteiger partial charge in [0.25, 0.3) is 0 Å². The van der Waals surface area contributed by atoms with Crippen molar-refractivity contribution in [2.75, 3.05) is 18.5 Å². The zero-order valence-corrected chi connectivity index (χ0v) is 24.3. The van der Waals surface area contributed by atoms with Crippen LogP contribution in [0.2, 0.25) is 0 Å². The van der Waals surface area contributed by atoms with Gasteiger partial charge in [-0.3, -0.25) is 4.40 Å². The average molecular weight is 530 g/mol. The molecule has 0 aromatic carbocycles. The number of hydrogen-bond donors (Lipinski definition) is 0. The van der Waals surface area contributed by atoms with E-state index in [0.717, 1.165) is 4.90 Å². The van der Waals surface area contributed by atoms with Gasteiger partial charge in [-0.15, -0.1) is 0 Å². The van der Waals surface area contributed by atoms with Gasteiger partial charge in [-0.2, -0.15) is 4.90 Å². The first-order chi connectivity index (χ1) is 17.3.